The van der Waals surface area contributed by atoms with Gasteiger partial charge in [-0.15, -0.1) is 0 Å². The lowest BCUT2D eigenvalue weighted by Crippen LogP contribution is -2.42. The van der Waals surface area contributed by atoms with Crippen LogP contribution in [0.5, 0.6) is 0 Å². The van der Waals surface area contributed by atoms with Gasteiger partial charge in [0.05, 0.1) is 12.5 Å². The molecule has 2 aromatic carbocycles. The summed E-state index contributed by atoms with van der Waals surface area (Å²) in [7, 11) is 0. The predicted octanol–water partition coefficient (Wildman–Crippen LogP) is 3.89. The molecule has 2 N–H and O–H groups in total. The van der Waals surface area contributed by atoms with Gasteiger partial charge in [-0.2, -0.15) is 0 Å². The van der Waals surface area contributed by atoms with Gasteiger partial charge in [0.25, 0.3) is 0 Å². The van der Waals surface area contributed by atoms with Gasteiger partial charge in [0.15, 0.2) is 11.7 Å². The van der Waals surface area contributed by atoms with Crippen molar-refractivity contribution in [2.45, 2.75) is 51.5 Å². The highest BCUT2D eigenvalue weighted by Gasteiger charge is 2.31. The van der Waals surface area contributed by atoms with Gasteiger partial charge in [0, 0.05) is 0 Å². The number of fused-ring (bicyclic) bond motifs is 1. The minimum atomic E-state index is -1.39. The fourth-order valence-electron chi connectivity index (χ4n) is 2.91. The number of alkyl carbamates (subject to hydrolysis) is 1. The molecular formula is C23H26N2O6. The number of nitrogens with one attached hydrogen (secondary N) is 1. The molecule has 31 heavy (non-hydrogen) atoms. The van der Waals surface area contributed by atoms with Crippen molar-refractivity contribution in [3.63, 3.8) is 0 Å². The third-order valence-corrected chi connectivity index (χ3v) is 4.27. The number of aliphatic hydroxyl groups is 1. The first kappa shape index (κ1) is 22.3. The molecule has 0 aliphatic carbocycles. The van der Waals surface area contributed by atoms with E-state index in [0.717, 1.165) is 5.56 Å². The first-order chi connectivity index (χ1) is 14.7. The van der Waals surface area contributed by atoms with E-state index in [0.29, 0.717) is 11.1 Å². The zero-order valence-corrected chi connectivity index (χ0v) is 17.7. The fourth-order valence-corrected chi connectivity index (χ4v) is 2.91. The standard InChI is InChI=1S/C23H26N2O6/c1-23(2,3)31-19(26)13-17(25-22(28)29-14-15-9-5-4-6-10-15)20(27)21-24-16-11-7-8-12-18(16)30-21/h4-12,17,20,27H,13-14H2,1-3H3,(H,25,28). The summed E-state index contributed by atoms with van der Waals surface area (Å²) >= 11 is 0. The number of amides is 1. The number of para-hydroxylation sites is 2. The topological polar surface area (TPSA) is 111 Å². The highest BCUT2D eigenvalue weighted by molar-refractivity contribution is 5.74. The molecule has 2 atom stereocenters. The molecule has 0 radical (unpaired) electrons. The first-order valence-electron chi connectivity index (χ1n) is 9.94. The predicted molar refractivity (Wildman–Crippen MR) is 113 cm³/mol. The van der Waals surface area contributed by atoms with Crippen molar-refractivity contribution in [3.8, 4) is 0 Å². The molecule has 0 bridgehead atoms. The third kappa shape index (κ3) is 6.55. The summed E-state index contributed by atoms with van der Waals surface area (Å²) in [6.45, 7) is 5.25. The van der Waals surface area contributed by atoms with Crippen molar-refractivity contribution in [2.24, 2.45) is 0 Å². The van der Waals surface area contributed by atoms with Gasteiger partial charge >= 0.3 is 12.1 Å². The number of hydrogen-bond donors (Lipinski definition) is 2. The van der Waals surface area contributed by atoms with Crippen LogP contribution < -0.4 is 5.32 Å². The molecule has 0 spiro atoms. The summed E-state index contributed by atoms with van der Waals surface area (Å²) in [4.78, 5) is 29.0. The van der Waals surface area contributed by atoms with Gasteiger partial charge in [-0.1, -0.05) is 42.5 Å². The molecule has 1 heterocycles. The maximum Gasteiger partial charge on any atom is 0.407 e. The Balaban J connectivity index is 1.73. The minimum absolute atomic E-state index is 0.0156. The molecule has 0 saturated carbocycles. The highest BCUT2D eigenvalue weighted by Crippen LogP contribution is 2.24. The molecule has 164 valence electrons. The Morgan fingerprint density at radius 2 is 1.77 bits per heavy atom. The largest absolute Gasteiger partial charge is 0.460 e. The summed E-state index contributed by atoms with van der Waals surface area (Å²) in [6.07, 6.45) is -2.46. The zero-order valence-electron chi connectivity index (χ0n) is 17.7. The van der Waals surface area contributed by atoms with E-state index in [9.17, 15) is 14.7 Å². The van der Waals surface area contributed by atoms with Crippen molar-refractivity contribution in [2.75, 3.05) is 0 Å². The molecule has 8 heteroatoms. The quantitative estimate of drug-likeness (QED) is 0.551. The van der Waals surface area contributed by atoms with Gasteiger partial charge in [0.2, 0.25) is 5.89 Å². The van der Waals surface area contributed by atoms with Crippen LogP contribution in [0.2, 0.25) is 0 Å². The van der Waals surface area contributed by atoms with E-state index in [4.69, 9.17) is 13.9 Å². The number of ether oxygens (including phenoxy) is 2. The minimum Gasteiger partial charge on any atom is -0.460 e. The summed E-state index contributed by atoms with van der Waals surface area (Å²) < 4.78 is 16.2. The molecular weight excluding hydrogens is 400 g/mol. The molecule has 0 saturated heterocycles. The summed E-state index contributed by atoms with van der Waals surface area (Å²) in [6, 6.07) is 15.1. The number of aliphatic hydroxyl groups excluding tert-OH is 1. The maximum absolute atomic E-state index is 12.4. The lowest BCUT2D eigenvalue weighted by Gasteiger charge is -2.24. The summed E-state index contributed by atoms with van der Waals surface area (Å²) in [5.74, 6) is -0.603. The van der Waals surface area contributed by atoms with Crippen LogP contribution >= 0.6 is 0 Å². The fraction of sp³-hybridized carbons (Fsp3) is 0.348. The molecule has 3 rings (SSSR count). The van der Waals surface area contributed by atoms with Crippen LogP contribution in [0.25, 0.3) is 11.1 Å². The normalized spacial score (nSPS) is 13.4. The summed E-state index contributed by atoms with van der Waals surface area (Å²) in [5, 5.41) is 13.4. The lowest BCUT2D eigenvalue weighted by atomic mass is 10.1. The number of oxazole rings is 1. The van der Waals surface area contributed by atoms with Crippen LogP contribution in [0.3, 0.4) is 0 Å². The van der Waals surface area contributed by atoms with Gasteiger partial charge in [-0.3, -0.25) is 4.79 Å². The number of hydrogen-bond acceptors (Lipinski definition) is 7. The number of rotatable bonds is 7. The van der Waals surface area contributed by atoms with E-state index in [1.54, 1.807) is 45.0 Å². The molecule has 0 fully saturated rings. The summed E-state index contributed by atoms with van der Waals surface area (Å²) in [5.41, 5.74) is 1.14. The number of benzene rings is 2. The highest BCUT2D eigenvalue weighted by atomic mass is 16.6. The second-order valence-electron chi connectivity index (χ2n) is 8.07. The van der Waals surface area contributed by atoms with Crippen molar-refractivity contribution in [1.29, 1.82) is 0 Å². The second kappa shape index (κ2) is 9.61. The first-order valence-corrected chi connectivity index (χ1v) is 9.94. The van der Waals surface area contributed by atoms with Crippen LogP contribution in [-0.4, -0.2) is 33.8 Å². The average molecular weight is 426 g/mol. The van der Waals surface area contributed by atoms with Gasteiger partial charge in [0.1, 0.15) is 17.7 Å². The monoisotopic (exact) mass is 426 g/mol. The molecule has 3 aromatic rings. The van der Waals surface area contributed by atoms with E-state index in [1.165, 1.54) is 0 Å². The molecule has 1 amide bonds. The van der Waals surface area contributed by atoms with E-state index in [1.807, 2.05) is 30.3 Å². The molecule has 2 unspecified atom stereocenters. The van der Waals surface area contributed by atoms with Crippen LogP contribution in [0.15, 0.2) is 59.0 Å². The number of carbonyl (C=O) groups is 2. The number of carbonyl (C=O) groups excluding carboxylic acids is 2. The SMILES string of the molecule is CC(C)(C)OC(=O)CC(NC(=O)OCc1ccccc1)C(O)c1nc2ccccc2o1. The van der Waals surface area contributed by atoms with E-state index in [-0.39, 0.29) is 18.9 Å². The Morgan fingerprint density at radius 3 is 2.45 bits per heavy atom. The van der Waals surface area contributed by atoms with Gasteiger partial charge in [-0.25, -0.2) is 9.78 Å². The Kier molecular flexibility index (Phi) is 6.91. The molecule has 1 aromatic heterocycles. The number of esters is 1. The van der Waals surface area contributed by atoms with Gasteiger partial charge in [-0.05, 0) is 38.5 Å². The van der Waals surface area contributed by atoms with Crippen molar-refractivity contribution >= 4 is 23.2 Å². The third-order valence-electron chi connectivity index (χ3n) is 4.27. The van der Waals surface area contributed by atoms with E-state index in [2.05, 4.69) is 10.3 Å². The van der Waals surface area contributed by atoms with E-state index >= 15 is 0 Å². The maximum atomic E-state index is 12.4. The Labute approximate surface area is 180 Å². The Hall–Kier alpha value is -3.39. The number of nitrogens with zero attached hydrogens (tertiary/aromatic N) is 1. The van der Waals surface area contributed by atoms with Crippen LogP contribution in [0.4, 0.5) is 4.79 Å². The van der Waals surface area contributed by atoms with Crippen LogP contribution in [0.1, 0.15) is 44.8 Å². The molecule has 0 aliphatic heterocycles. The van der Waals surface area contributed by atoms with Gasteiger partial charge < -0.3 is 24.3 Å². The average Bonchev–Trinajstić information content (AvgIpc) is 3.15. The molecule has 0 aliphatic rings. The second-order valence-corrected chi connectivity index (χ2v) is 8.07. The van der Waals surface area contributed by atoms with Crippen molar-refractivity contribution in [3.05, 3.63) is 66.1 Å². The van der Waals surface area contributed by atoms with E-state index < -0.39 is 29.8 Å². The Bertz CT molecular complexity index is 992. The Morgan fingerprint density at radius 1 is 1.10 bits per heavy atom. The lowest BCUT2D eigenvalue weighted by molar-refractivity contribution is -0.156. The van der Waals surface area contributed by atoms with Crippen LogP contribution in [0, 0.1) is 0 Å². The number of aromatic nitrogens is 1. The zero-order chi connectivity index (χ0) is 22.4. The van der Waals surface area contributed by atoms with Crippen LogP contribution in [-0.2, 0) is 20.9 Å². The van der Waals surface area contributed by atoms with Crippen molar-refractivity contribution in [1.82, 2.24) is 10.3 Å². The van der Waals surface area contributed by atoms with Crippen molar-refractivity contribution < 1.29 is 28.6 Å². The molecule has 8 nitrogen and oxygen atoms in total. The smallest absolute Gasteiger partial charge is 0.407 e.